The third-order valence-corrected chi connectivity index (χ3v) is 6.79. The maximum absolute atomic E-state index is 12.2. The van der Waals surface area contributed by atoms with E-state index < -0.39 is 0 Å². The second kappa shape index (κ2) is 7.06. The SMILES string of the molecule is O=C(Nc1nc2c(s1)CN(Cc1cccc3ccccc13)CC2)C1CCC1. The number of hydrogen-bond acceptors (Lipinski definition) is 4. The molecule has 3 aromatic rings. The zero-order valence-electron chi connectivity index (χ0n) is 15.3. The summed E-state index contributed by atoms with van der Waals surface area (Å²) in [7, 11) is 0. The van der Waals surface area contributed by atoms with Crippen LogP contribution in [0, 0.1) is 5.92 Å². The first kappa shape index (κ1) is 16.9. The van der Waals surface area contributed by atoms with Gasteiger partial charge in [0.15, 0.2) is 5.13 Å². The molecular weight excluding hydrogens is 354 g/mol. The molecule has 5 rings (SSSR count). The third kappa shape index (κ3) is 3.37. The van der Waals surface area contributed by atoms with Gasteiger partial charge in [0.05, 0.1) is 5.69 Å². The van der Waals surface area contributed by atoms with Crippen molar-refractivity contribution in [2.75, 3.05) is 11.9 Å². The lowest BCUT2D eigenvalue weighted by atomic mass is 9.85. The highest BCUT2D eigenvalue weighted by molar-refractivity contribution is 7.15. The van der Waals surface area contributed by atoms with Gasteiger partial charge in [0.2, 0.25) is 5.91 Å². The summed E-state index contributed by atoms with van der Waals surface area (Å²) in [6.45, 7) is 2.87. The number of carbonyl (C=O) groups is 1. The van der Waals surface area contributed by atoms with E-state index in [1.165, 1.54) is 27.6 Å². The van der Waals surface area contributed by atoms with Crippen LogP contribution in [0.3, 0.4) is 0 Å². The monoisotopic (exact) mass is 377 g/mol. The predicted molar refractivity (Wildman–Crippen MR) is 110 cm³/mol. The Balaban J connectivity index is 1.30. The van der Waals surface area contributed by atoms with Crippen molar-refractivity contribution in [2.45, 2.75) is 38.8 Å². The minimum Gasteiger partial charge on any atom is -0.302 e. The smallest absolute Gasteiger partial charge is 0.229 e. The summed E-state index contributed by atoms with van der Waals surface area (Å²) in [5.41, 5.74) is 2.54. The molecular formula is C22H23N3OS. The molecule has 1 amide bonds. The van der Waals surface area contributed by atoms with Crippen LogP contribution in [0.2, 0.25) is 0 Å². The summed E-state index contributed by atoms with van der Waals surface area (Å²) in [5, 5.41) is 6.46. The molecule has 1 N–H and O–H groups in total. The van der Waals surface area contributed by atoms with Crippen LogP contribution in [0.15, 0.2) is 42.5 Å². The molecule has 2 aromatic carbocycles. The summed E-state index contributed by atoms with van der Waals surface area (Å²) in [4.78, 5) is 20.6. The first-order valence-corrected chi connectivity index (χ1v) is 10.6. The Hall–Kier alpha value is -2.24. The van der Waals surface area contributed by atoms with Gasteiger partial charge in [-0.25, -0.2) is 4.98 Å². The number of carbonyl (C=O) groups excluding carboxylic acids is 1. The van der Waals surface area contributed by atoms with E-state index >= 15 is 0 Å². The number of aromatic nitrogens is 1. The van der Waals surface area contributed by atoms with Gasteiger partial charge in [0.25, 0.3) is 0 Å². The number of thiazole rings is 1. The van der Waals surface area contributed by atoms with Crippen molar-refractivity contribution in [3.63, 3.8) is 0 Å². The molecule has 0 spiro atoms. The fourth-order valence-corrected chi connectivity index (χ4v) is 5.04. The van der Waals surface area contributed by atoms with Gasteiger partial charge >= 0.3 is 0 Å². The molecule has 5 heteroatoms. The quantitative estimate of drug-likeness (QED) is 0.723. The van der Waals surface area contributed by atoms with Gasteiger partial charge in [-0.3, -0.25) is 9.69 Å². The van der Waals surface area contributed by atoms with Crippen molar-refractivity contribution in [1.82, 2.24) is 9.88 Å². The first-order chi connectivity index (χ1) is 13.3. The van der Waals surface area contributed by atoms with Gasteiger partial charge < -0.3 is 5.32 Å². The van der Waals surface area contributed by atoms with E-state index in [0.717, 1.165) is 49.7 Å². The highest BCUT2D eigenvalue weighted by Gasteiger charge is 2.27. The molecule has 0 unspecified atom stereocenters. The molecule has 138 valence electrons. The van der Waals surface area contributed by atoms with Gasteiger partial charge in [-0.05, 0) is 29.2 Å². The number of anilines is 1. The highest BCUT2D eigenvalue weighted by atomic mass is 32.1. The van der Waals surface area contributed by atoms with Crippen molar-refractivity contribution >= 4 is 33.1 Å². The molecule has 0 atom stereocenters. The normalized spacial score (nSPS) is 17.5. The van der Waals surface area contributed by atoms with Gasteiger partial charge in [-0.2, -0.15) is 0 Å². The Morgan fingerprint density at radius 1 is 1.19 bits per heavy atom. The first-order valence-electron chi connectivity index (χ1n) is 9.75. The molecule has 4 nitrogen and oxygen atoms in total. The Kier molecular flexibility index (Phi) is 4.42. The van der Waals surface area contributed by atoms with Crippen LogP contribution < -0.4 is 5.32 Å². The molecule has 0 saturated heterocycles. The van der Waals surface area contributed by atoms with Crippen molar-refractivity contribution in [2.24, 2.45) is 5.92 Å². The molecule has 1 aliphatic heterocycles. The van der Waals surface area contributed by atoms with E-state index in [-0.39, 0.29) is 11.8 Å². The van der Waals surface area contributed by atoms with Gasteiger partial charge in [0, 0.05) is 36.9 Å². The summed E-state index contributed by atoms with van der Waals surface area (Å²) in [5.74, 6) is 0.355. The van der Waals surface area contributed by atoms with E-state index in [2.05, 4.69) is 57.7 Å². The summed E-state index contributed by atoms with van der Waals surface area (Å²) >= 11 is 1.65. The van der Waals surface area contributed by atoms with Crippen molar-refractivity contribution < 1.29 is 4.79 Å². The second-order valence-electron chi connectivity index (χ2n) is 7.60. The number of nitrogens with zero attached hydrogens (tertiary/aromatic N) is 2. The topological polar surface area (TPSA) is 45.2 Å². The van der Waals surface area contributed by atoms with Crippen molar-refractivity contribution in [3.8, 4) is 0 Å². The van der Waals surface area contributed by atoms with Gasteiger partial charge in [-0.15, -0.1) is 11.3 Å². The van der Waals surface area contributed by atoms with E-state index in [1.807, 2.05) is 0 Å². The fourth-order valence-electron chi connectivity index (χ4n) is 3.99. The Morgan fingerprint density at radius 3 is 2.89 bits per heavy atom. The summed E-state index contributed by atoms with van der Waals surface area (Å²) in [6, 6.07) is 15.1. The van der Waals surface area contributed by atoms with E-state index in [0.29, 0.717) is 0 Å². The van der Waals surface area contributed by atoms with Crippen LogP contribution in [0.4, 0.5) is 5.13 Å². The third-order valence-electron chi connectivity index (χ3n) is 5.79. The minimum absolute atomic E-state index is 0.153. The molecule has 1 aromatic heterocycles. The number of amides is 1. The molecule has 1 fully saturated rings. The van der Waals surface area contributed by atoms with Crippen molar-refractivity contribution in [1.29, 1.82) is 0 Å². The average Bonchev–Trinajstić information content (AvgIpc) is 3.02. The predicted octanol–water partition coefficient (Wildman–Crippen LogP) is 4.59. The molecule has 0 bridgehead atoms. The van der Waals surface area contributed by atoms with Gasteiger partial charge in [-0.1, -0.05) is 48.9 Å². The van der Waals surface area contributed by atoms with E-state index in [1.54, 1.807) is 11.3 Å². The number of benzene rings is 2. The van der Waals surface area contributed by atoms with E-state index in [4.69, 9.17) is 0 Å². The molecule has 2 aliphatic rings. The molecule has 2 heterocycles. The maximum atomic E-state index is 12.2. The average molecular weight is 378 g/mol. The minimum atomic E-state index is 0.153. The Morgan fingerprint density at radius 2 is 2.04 bits per heavy atom. The molecule has 1 aliphatic carbocycles. The van der Waals surface area contributed by atoms with Crippen LogP contribution in [-0.4, -0.2) is 22.3 Å². The lowest BCUT2D eigenvalue weighted by Crippen LogP contribution is -2.29. The van der Waals surface area contributed by atoms with Crippen LogP contribution in [0.5, 0.6) is 0 Å². The van der Waals surface area contributed by atoms with E-state index in [9.17, 15) is 4.79 Å². The summed E-state index contributed by atoms with van der Waals surface area (Å²) < 4.78 is 0. The fraction of sp³-hybridized carbons (Fsp3) is 0.364. The molecule has 0 radical (unpaired) electrons. The number of rotatable bonds is 4. The summed E-state index contributed by atoms with van der Waals surface area (Å²) in [6.07, 6.45) is 4.18. The Labute approximate surface area is 163 Å². The lowest BCUT2D eigenvalue weighted by Gasteiger charge is -2.26. The highest BCUT2D eigenvalue weighted by Crippen LogP contribution is 2.32. The largest absolute Gasteiger partial charge is 0.302 e. The van der Waals surface area contributed by atoms with Crippen LogP contribution in [0.25, 0.3) is 10.8 Å². The number of hydrogen-bond donors (Lipinski definition) is 1. The second-order valence-corrected chi connectivity index (χ2v) is 8.69. The molecule has 1 saturated carbocycles. The van der Waals surface area contributed by atoms with Crippen molar-refractivity contribution in [3.05, 3.63) is 58.6 Å². The lowest BCUT2D eigenvalue weighted by molar-refractivity contribution is -0.122. The van der Waals surface area contributed by atoms with Crippen LogP contribution in [-0.2, 0) is 24.3 Å². The number of fused-ring (bicyclic) bond motifs is 2. The zero-order valence-corrected chi connectivity index (χ0v) is 16.1. The Bertz CT molecular complexity index is 987. The maximum Gasteiger partial charge on any atom is 0.229 e. The molecule has 27 heavy (non-hydrogen) atoms. The van der Waals surface area contributed by atoms with Crippen LogP contribution >= 0.6 is 11.3 Å². The standard InChI is InChI=1S/C22H23N3OS/c26-21(16-7-4-8-16)24-22-23-19-11-12-25(14-20(19)27-22)13-17-9-3-6-15-5-1-2-10-18(15)17/h1-3,5-6,9-10,16H,4,7-8,11-14H2,(H,23,24,26). The van der Waals surface area contributed by atoms with Gasteiger partial charge in [0.1, 0.15) is 0 Å². The number of nitrogens with one attached hydrogen (secondary N) is 1. The van der Waals surface area contributed by atoms with Crippen LogP contribution in [0.1, 0.15) is 35.4 Å². The zero-order chi connectivity index (χ0) is 18.2.